The average Bonchev–Trinajstić information content (AvgIpc) is 2.44. The summed E-state index contributed by atoms with van der Waals surface area (Å²) < 4.78 is 10.7. The number of ether oxygens (including phenoxy) is 2. The van der Waals surface area contributed by atoms with Crippen molar-refractivity contribution < 1.29 is 19.4 Å². The molecule has 0 aliphatic heterocycles. The molecule has 0 unspecified atom stereocenters. The molecule has 0 amide bonds. The van der Waals surface area contributed by atoms with Gasteiger partial charge in [0, 0.05) is 0 Å². The SMILES string of the molecule is C=CCOC(=O)[C@H](CC(C)C)Oc1ccc(CO)cc1. The van der Waals surface area contributed by atoms with Crippen LogP contribution in [0.5, 0.6) is 5.75 Å². The molecular formula is C16H22O4. The zero-order valence-electron chi connectivity index (χ0n) is 12.0. The standard InChI is InChI=1S/C16H22O4/c1-4-9-19-16(18)15(10-12(2)3)20-14-7-5-13(11-17)6-8-14/h4-8,12,15,17H,1,9-11H2,2-3H3/t15-/m0/s1. The zero-order valence-corrected chi connectivity index (χ0v) is 12.0. The molecule has 0 aliphatic rings. The van der Waals surface area contributed by atoms with Crippen LogP contribution in [-0.2, 0) is 16.1 Å². The summed E-state index contributed by atoms with van der Waals surface area (Å²) in [5.74, 6) is 0.515. The largest absolute Gasteiger partial charge is 0.479 e. The number of aliphatic hydroxyl groups excluding tert-OH is 1. The van der Waals surface area contributed by atoms with Crippen molar-refractivity contribution in [3.63, 3.8) is 0 Å². The van der Waals surface area contributed by atoms with Crippen LogP contribution in [0.15, 0.2) is 36.9 Å². The lowest BCUT2D eigenvalue weighted by Crippen LogP contribution is -2.31. The molecule has 0 fully saturated rings. The fourth-order valence-electron chi connectivity index (χ4n) is 1.69. The van der Waals surface area contributed by atoms with Gasteiger partial charge >= 0.3 is 5.97 Å². The van der Waals surface area contributed by atoms with Gasteiger partial charge in [0.05, 0.1) is 6.61 Å². The zero-order chi connectivity index (χ0) is 15.0. The summed E-state index contributed by atoms with van der Waals surface area (Å²) in [5.41, 5.74) is 0.798. The number of carbonyl (C=O) groups is 1. The minimum Gasteiger partial charge on any atom is -0.479 e. The Labute approximate surface area is 120 Å². The van der Waals surface area contributed by atoms with Crippen LogP contribution in [0, 0.1) is 5.92 Å². The number of benzene rings is 1. The van der Waals surface area contributed by atoms with E-state index in [0.717, 1.165) is 5.56 Å². The first-order valence-electron chi connectivity index (χ1n) is 6.70. The van der Waals surface area contributed by atoms with Crippen LogP contribution < -0.4 is 4.74 Å². The molecule has 1 rings (SSSR count). The molecule has 110 valence electrons. The number of esters is 1. The number of hydrogen-bond acceptors (Lipinski definition) is 4. The minimum atomic E-state index is -0.630. The van der Waals surface area contributed by atoms with Gasteiger partial charge in [0.25, 0.3) is 0 Å². The first kappa shape index (κ1) is 16.2. The molecule has 0 aromatic heterocycles. The summed E-state index contributed by atoms with van der Waals surface area (Å²) in [6, 6.07) is 6.99. The van der Waals surface area contributed by atoms with Gasteiger partial charge in [-0.05, 0) is 30.0 Å². The number of aliphatic hydroxyl groups is 1. The summed E-state index contributed by atoms with van der Waals surface area (Å²) in [6.45, 7) is 7.72. The third-order valence-corrected chi connectivity index (χ3v) is 2.68. The van der Waals surface area contributed by atoms with Crippen molar-refractivity contribution in [2.45, 2.75) is 33.0 Å². The Morgan fingerprint density at radius 3 is 2.50 bits per heavy atom. The predicted octanol–water partition coefficient (Wildman–Crippen LogP) is 2.70. The van der Waals surface area contributed by atoms with Crippen LogP contribution in [0.2, 0.25) is 0 Å². The second kappa shape index (κ2) is 8.38. The summed E-state index contributed by atoms with van der Waals surface area (Å²) in [7, 11) is 0. The third kappa shape index (κ3) is 5.45. The van der Waals surface area contributed by atoms with Gasteiger partial charge in [-0.25, -0.2) is 4.79 Å². The first-order valence-corrected chi connectivity index (χ1v) is 6.70. The summed E-state index contributed by atoms with van der Waals surface area (Å²) in [4.78, 5) is 11.9. The first-order chi connectivity index (χ1) is 9.56. The monoisotopic (exact) mass is 278 g/mol. The van der Waals surface area contributed by atoms with E-state index < -0.39 is 6.10 Å². The quantitative estimate of drug-likeness (QED) is 0.587. The maximum Gasteiger partial charge on any atom is 0.347 e. The van der Waals surface area contributed by atoms with Gasteiger partial charge in [-0.1, -0.05) is 38.6 Å². The van der Waals surface area contributed by atoms with Crippen LogP contribution in [0.1, 0.15) is 25.8 Å². The molecule has 0 radical (unpaired) electrons. The van der Waals surface area contributed by atoms with E-state index in [2.05, 4.69) is 6.58 Å². The lowest BCUT2D eigenvalue weighted by atomic mass is 10.1. The van der Waals surface area contributed by atoms with E-state index in [4.69, 9.17) is 14.6 Å². The highest BCUT2D eigenvalue weighted by molar-refractivity contribution is 5.75. The molecule has 20 heavy (non-hydrogen) atoms. The summed E-state index contributed by atoms with van der Waals surface area (Å²) >= 11 is 0. The van der Waals surface area contributed by atoms with Crippen molar-refractivity contribution in [1.82, 2.24) is 0 Å². The Morgan fingerprint density at radius 1 is 1.35 bits per heavy atom. The van der Waals surface area contributed by atoms with Crippen molar-refractivity contribution in [2.75, 3.05) is 6.61 Å². The van der Waals surface area contributed by atoms with Crippen LogP contribution in [0.4, 0.5) is 0 Å². The highest BCUT2D eigenvalue weighted by Gasteiger charge is 2.23. The van der Waals surface area contributed by atoms with Crippen molar-refractivity contribution in [3.8, 4) is 5.75 Å². The van der Waals surface area contributed by atoms with Gasteiger partial charge in [0.15, 0.2) is 6.10 Å². The molecular weight excluding hydrogens is 256 g/mol. The lowest BCUT2D eigenvalue weighted by molar-refractivity contribution is -0.151. The van der Waals surface area contributed by atoms with E-state index in [1.807, 2.05) is 13.8 Å². The predicted molar refractivity (Wildman–Crippen MR) is 77.4 cm³/mol. The van der Waals surface area contributed by atoms with E-state index in [1.54, 1.807) is 24.3 Å². The van der Waals surface area contributed by atoms with Gasteiger partial charge in [-0.15, -0.1) is 0 Å². The van der Waals surface area contributed by atoms with Gasteiger partial charge in [0.1, 0.15) is 12.4 Å². The molecule has 1 N–H and O–H groups in total. The Balaban J connectivity index is 2.71. The molecule has 0 heterocycles. The molecule has 1 aromatic carbocycles. The smallest absolute Gasteiger partial charge is 0.347 e. The van der Waals surface area contributed by atoms with E-state index in [0.29, 0.717) is 18.1 Å². The highest BCUT2D eigenvalue weighted by Crippen LogP contribution is 2.18. The summed E-state index contributed by atoms with van der Waals surface area (Å²) in [6.07, 6.45) is 1.48. The topological polar surface area (TPSA) is 55.8 Å². The van der Waals surface area contributed by atoms with Crippen molar-refractivity contribution in [1.29, 1.82) is 0 Å². The van der Waals surface area contributed by atoms with Gasteiger partial charge in [-0.3, -0.25) is 0 Å². The Morgan fingerprint density at radius 2 is 2.00 bits per heavy atom. The normalized spacial score (nSPS) is 12.0. The molecule has 0 spiro atoms. The fraction of sp³-hybridized carbons (Fsp3) is 0.438. The van der Waals surface area contributed by atoms with Crippen molar-refractivity contribution in [2.24, 2.45) is 5.92 Å². The number of hydrogen-bond donors (Lipinski definition) is 1. The molecule has 4 heteroatoms. The van der Waals surface area contributed by atoms with Crippen LogP contribution in [-0.4, -0.2) is 23.8 Å². The Kier molecular flexibility index (Phi) is 6.81. The molecule has 4 nitrogen and oxygen atoms in total. The summed E-state index contributed by atoms with van der Waals surface area (Å²) in [5, 5.41) is 8.99. The Bertz CT molecular complexity index is 423. The molecule has 0 saturated carbocycles. The molecule has 1 atom stereocenters. The second-order valence-electron chi connectivity index (χ2n) is 4.96. The maximum absolute atomic E-state index is 11.9. The molecule has 0 bridgehead atoms. The molecule has 1 aromatic rings. The van der Waals surface area contributed by atoms with Crippen LogP contribution in [0.3, 0.4) is 0 Å². The van der Waals surface area contributed by atoms with E-state index in [-0.39, 0.29) is 19.2 Å². The van der Waals surface area contributed by atoms with Gasteiger partial charge in [-0.2, -0.15) is 0 Å². The molecule has 0 aliphatic carbocycles. The number of carbonyl (C=O) groups excluding carboxylic acids is 1. The van der Waals surface area contributed by atoms with Crippen LogP contribution in [0.25, 0.3) is 0 Å². The lowest BCUT2D eigenvalue weighted by Gasteiger charge is -2.19. The second-order valence-corrected chi connectivity index (χ2v) is 4.96. The minimum absolute atomic E-state index is 0.0168. The number of rotatable bonds is 8. The molecule has 0 saturated heterocycles. The van der Waals surface area contributed by atoms with Crippen molar-refractivity contribution >= 4 is 5.97 Å². The third-order valence-electron chi connectivity index (χ3n) is 2.68. The van der Waals surface area contributed by atoms with Gasteiger partial charge in [0.2, 0.25) is 0 Å². The van der Waals surface area contributed by atoms with Crippen molar-refractivity contribution in [3.05, 3.63) is 42.5 Å². The average molecular weight is 278 g/mol. The highest BCUT2D eigenvalue weighted by atomic mass is 16.6. The van der Waals surface area contributed by atoms with Crippen LogP contribution >= 0.6 is 0 Å². The van der Waals surface area contributed by atoms with E-state index >= 15 is 0 Å². The van der Waals surface area contributed by atoms with E-state index in [9.17, 15) is 4.79 Å². The van der Waals surface area contributed by atoms with E-state index in [1.165, 1.54) is 6.08 Å². The van der Waals surface area contributed by atoms with Gasteiger partial charge < -0.3 is 14.6 Å². The fourth-order valence-corrected chi connectivity index (χ4v) is 1.69. The maximum atomic E-state index is 11.9. The Hall–Kier alpha value is -1.81.